The van der Waals surface area contributed by atoms with Gasteiger partial charge in [-0.05, 0) is 44.1 Å². The van der Waals surface area contributed by atoms with E-state index in [2.05, 4.69) is 15.2 Å². The van der Waals surface area contributed by atoms with Crippen molar-refractivity contribution in [3.8, 4) is 11.5 Å². The summed E-state index contributed by atoms with van der Waals surface area (Å²) in [6.45, 7) is 1.83. The number of nitrogens with zero attached hydrogens (tertiary/aromatic N) is 2. The van der Waals surface area contributed by atoms with E-state index in [0.717, 1.165) is 42.9 Å². The number of piperidine rings is 1. The summed E-state index contributed by atoms with van der Waals surface area (Å²) in [5.74, 6) is 1.79. The number of rotatable bonds is 6. The first-order valence-corrected chi connectivity index (χ1v) is 10.7. The second-order valence-corrected chi connectivity index (χ2v) is 8.29. The van der Waals surface area contributed by atoms with Gasteiger partial charge in [-0.2, -0.15) is 0 Å². The van der Waals surface area contributed by atoms with Crippen molar-refractivity contribution in [3.63, 3.8) is 0 Å². The lowest BCUT2D eigenvalue weighted by Crippen LogP contribution is -2.38. The van der Waals surface area contributed by atoms with E-state index in [0.29, 0.717) is 27.2 Å². The number of ether oxygens (including phenoxy) is 2. The number of carbonyl (C=O) groups is 1. The first-order chi connectivity index (χ1) is 15.0. The number of carbonyl (C=O) groups excluding carboxylic acids is 1. The lowest BCUT2D eigenvalue weighted by molar-refractivity contribution is -0.117. The second-order valence-electron chi connectivity index (χ2n) is 7.45. The Morgan fingerprint density at radius 2 is 1.90 bits per heavy atom. The molecule has 0 radical (unpaired) electrons. The van der Waals surface area contributed by atoms with Crippen LogP contribution in [0.4, 0.5) is 5.69 Å². The molecular formula is C22H23Cl2N3O4. The number of nitrogens with one attached hydrogen (secondary N) is 1. The maximum absolute atomic E-state index is 12.6. The molecule has 7 nitrogen and oxygen atoms in total. The molecular weight excluding hydrogens is 441 g/mol. The summed E-state index contributed by atoms with van der Waals surface area (Å²) in [5, 5.41) is 3.95. The van der Waals surface area contributed by atoms with Gasteiger partial charge in [0, 0.05) is 23.1 Å². The van der Waals surface area contributed by atoms with Gasteiger partial charge in [-0.15, -0.1) is 0 Å². The molecule has 0 atom stereocenters. The number of halogens is 2. The average Bonchev–Trinajstić information content (AvgIpc) is 3.18. The fourth-order valence-electron chi connectivity index (χ4n) is 3.78. The molecule has 2 heterocycles. The van der Waals surface area contributed by atoms with Crippen molar-refractivity contribution in [2.24, 2.45) is 0 Å². The third-order valence-electron chi connectivity index (χ3n) is 5.42. The van der Waals surface area contributed by atoms with E-state index in [1.807, 2.05) is 12.1 Å². The van der Waals surface area contributed by atoms with Crippen LogP contribution in [0.1, 0.15) is 24.7 Å². The van der Waals surface area contributed by atoms with Gasteiger partial charge in [0.15, 0.2) is 11.5 Å². The number of aromatic nitrogens is 1. The number of hydrogen-bond acceptors (Lipinski definition) is 6. The molecule has 0 spiro atoms. The summed E-state index contributed by atoms with van der Waals surface area (Å²) in [6, 6.07) is 8.72. The Morgan fingerprint density at radius 3 is 2.61 bits per heavy atom. The quantitative estimate of drug-likeness (QED) is 0.555. The highest BCUT2D eigenvalue weighted by Gasteiger charge is 2.26. The highest BCUT2D eigenvalue weighted by atomic mass is 35.5. The molecule has 4 rings (SSSR count). The van der Waals surface area contributed by atoms with E-state index < -0.39 is 0 Å². The molecule has 1 fully saturated rings. The largest absolute Gasteiger partial charge is 0.495 e. The number of oxazole rings is 1. The Bertz CT molecular complexity index is 1090. The maximum Gasteiger partial charge on any atom is 0.238 e. The maximum atomic E-state index is 12.6. The van der Waals surface area contributed by atoms with E-state index in [1.165, 1.54) is 14.2 Å². The highest BCUT2D eigenvalue weighted by Crippen LogP contribution is 2.36. The Labute approximate surface area is 190 Å². The number of fused-ring (bicyclic) bond motifs is 1. The lowest BCUT2D eigenvalue weighted by Gasteiger charge is -2.30. The molecule has 0 bridgehead atoms. The van der Waals surface area contributed by atoms with Crippen molar-refractivity contribution in [3.05, 3.63) is 46.3 Å². The van der Waals surface area contributed by atoms with Crippen molar-refractivity contribution in [1.82, 2.24) is 9.88 Å². The average molecular weight is 464 g/mol. The minimum absolute atomic E-state index is 0.127. The van der Waals surface area contributed by atoms with Gasteiger partial charge < -0.3 is 19.2 Å². The zero-order chi connectivity index (χ0) is 22.0. The zero-order valence-corrected chi connectivity index (χ0v) is 18.8. The van der Waals surface area contributed by atoms with Gasteiger partial charge in [0.1, 0.15) is 17.0 Å². The molecule has 1 N–H and O–H groups in total. The third-order valence-corrected chi connectivity index (χ3v) is 5.95. The number of anilines is 1. The van der Waals surface area contributed by atoms with Crippen LogP contribution in [-0.4, -0.2) is 49.6 Å². The fourth-order valence-corrected chi connectivity index (χ4v) is 4.18. The normalized spacial score (nSPS) is 15.2. The van der Waals surface area contributed by atoms with Crippen LogP contribution in [-0.2, 0) is 4.79 Å². The van der Waals surface area contributed by atoms with Crippen molar-refractivity contribution >= 4 is 45.9 Å². The fraction of sp³-hybridized carbons (Fsp3) is 0.364. The van der Waals surface area contributed by atoms with Gasteiger partial charge in [0.05, 0.1) is 31.5 Å². The number of methoxy groups -OCH3 is 2. The van der Waals surface area contributed by atoms with E-state index >= 15 is 0 Å². The van der Waals surface area contributed by atoms with E-state index in [1.54, 1.807) is 18.2 Å². The topological polar surface area (TPSA) is 76.8 Å². The molecule has 0 aliphatic carbocycles. The molecule has 0 saturated carbocycles. The third kappa shape index (κ3) is 4.89. The zero-order valence-electron chi connectivity index (χ0n) is 17.3. The lowest BCUT2D eigenvalue weighted by atomic mass is 9.97. The Hall–Kier alpha value is -2.48. The molecule has 0 unspecified atom stereocenters. The first kappa shape index (κ1) is 21.7. The van der Waals surface area contributed by atoms with Gasteiger partial charge in [-0.25, -0.2) is 4.98 Å². The molecule has 3 aromatic rings. The van der Waals surface area contributed by atoms with Gasteiger partial charge in [0.25, 0.3) is 0 Å². The molecule has 9 heteroatoms. The summed E-state index contributed by atoms with van der Waals surface area (Å²) in [5.41, 5.74) is 2.04. The molecule has 1 aromatic heterocycles. The van der Waals surface area contributed by atoms with Gasteiger partial charge in [-0.1, -0.05) is 23.2 Å². The highest BCUT2D eigenvalue weighted by molar-refractivity contribution is 6.32. The molecule has 164 valence electrons. The van der Waals surface area contributed by atoms with Crippen LogP contribution in [0.3, 0.4) is 0 Å². The summed E-state index contributed by atoms with van der Waals surface area (Å²) >= 11 is 12.2. The van der Waals surface area contributed by atoms with Crippen LogP contribution in [0.15, 0.2) is 34.7 Å². The second kappa shape index (κ2) is 9.34. The molecule has 2 aromatic carbocycles. The monoisotopic (exact) mass is 463 g/mol. The van der Waals surface area contributed by atoms with Crippen LogP contribution < -0.4 is 14.8 Å². The SMILES string of the molecule is COc1cc(NC(=O)CN2CCC(c3nc4cc(Cl)ccc4o3)CC2)c(OC)cc1Cl. The van der Waals surface area contributed by atoms with Gasteiger partial charge >= 0.3 is 0 Å². The summed E-state index contributed by atoms with van der Waals surface area (Å²) in [7, 11) is 3.05. The first-order valence-electron chi connectivity index (χ1n) is 9.96. The molecule has 1 aliphatic heterocycles. The van der Waals surface area contributed by atoms with Gasteiger partial charge in [-0.3, -0.25) is 9.69 Å². The molecule has 1 amide bonds. The minimum atomic E-state index is -0.127. The summed E-state index contributed by atoms with van der Waals surface area (Å²) in [4.78, 5) is 19.3. The molecule has 1 saturated heterocycles. The van der Waals surface area contributed by atoms with Crippen molar-refractivity contribution in [2.45, 2.75) is 18.8 Å². The van der Waals surface area contributed by atoms with Crippen LogP contribution >= 0.6 is 23.2 Å². The predicted octanol–water partition coefficient (Wildman–Crippen LogP) is 4.97. The Balaban J connectivity index is 1.35. The predicted molar refractivity (Wildman–Crippen MR) is 121 cm³/mol. The number of likely N-dealkylation sites (tertiary alicyclic amines) is 1. The van der Waals surface area contributed by atoms with Crippen molar-refractivity contribution in [2.75, 3.05) is 39.2 Å². The summed E-state index contributed by atoms with van der Waals surface area (Å²) in [6.07, 6.45) is 1.73. The summed E-state index contributed by atoms with van der Waals surface area (Å²) < 4.78 is 16.5. The Morgan fingerprint density at radius 1 is 1.16 bits per heavy atom. The van der Waals surface area contributed by atoms with Crippen LogP contribution in [0.5, 0.6) is 11.5 Å². The Kier molecular flexibility index (Phi) is 6.55. The van der Waals surface area contributed by atoms with Gasteiger partial charge in [0.2, 0.25) is 5.91 Å². The van der Waals surface area contributed by atoms with Crippen molar-refractivity contribution < 1.29 is 18.7 Å². The van der Waals surface area contributed by atoms with E-state index in [4.69, 9.17) is 37.1 Å². The number of benzene rings is 2. The van der Waals surface area contributed by atoms with E-state index in [9.17, 15) is 4.79 Å². The van der Waals surface area contributed by atoms with Crippen LogP contribution in [0, 0.1) is 0 Å². The molecule has 1 aliphatic rings. The minimum Gasteiger partial charge on any atom is -0.495 e. The number of amides is 1. The van der Waals surface area contributed by atoms with Crippen molar-refractivity contribution in [1.29, 1.82) is 0 Å². The van der Waals surface area contributed by atoms with Crippen LogP contribution in [0.25, 0.3) is 11.1 Å². The smallest absolute Gasteiger partial charge is 0.238 e. The van der Waals surface area contributed by atoms with Crippen LogP contribution in [0.2, 0.25) is 10.0 Å². The molecule has 31 heavy (non-hydrogen) atoms. The number of hydrogen-bond donors (Lipinski definition) is 1. The van der Waals surface area contributed by atoms with E-state index in [-0.39, 0.29) is 18.4 Å². The standard InChI is InChI=1S/C22H23Cl2N3O4/c1-29-19-11-17(20(30-2)10-15(19)24)25-21(28)12-27-7-5-13(6-8-27)22-26-16-9-14(23)3-4-18(16)31-22/h3-4,9-11,13H,5-8,12H2,1-2H3,(H,25,28).